The molecule has 4 aromatic rings. The molecule has 1 aliphatic heterocycles. The number of rotatable bonds is 8. The summed E-state index contributed by atoms with van der Waals surface area (Å²) in [5.74, 6) is 1.44. The van der Waals surface area contributed by atoms with Crippen molar-refractivity contribution >= 4 is 16.8 Å². The van der Waals surface area contributed by atoms with E-state index in [4.69, 9.17) is 9.47 Å². The molecule has 3 aromatic carbocycles. The standard InChI is InChI=1S/C28H29N3O3/c1-19(21-8-4-3-5-9-21)31-27(32)28(2,15-22-17-29-24-11-7-6-10-23(22)24)30-16-20-12-13-25-26(14-20)34-18-33-25/h3-14,17,19,29-30H,15-16,18H2,1-2H3,(H,31,32). The second-order valence-corrected chi connectivity index (χ2v) is 9.02. The maximum atomic E-state index is 13.7. The number of benzene rings is 3. The third-order valence-corrected chi connectivity index (χ3v) is 6.49. The molecule has 2 atom stereocenters. The quantitative estimate of drug-likeness (QED) is 0.355. The number of hydrogen-bond donors (Lipinski definition) is 3. The predicted molar refractivity (Wildman–Crippen MR) is 133 cm³/mol. The fourth-order valence-electron chi connectivity index (χ4n) is 4.41. The van der Waals surface area contributed by atoms with Crippen LogP contribution >= 0.6 is 0 Å². The topological polar surface area (TPSA) is 75.4 Å². The van der Waals surface area contributed by atoms with Crippen molar-refractivity contribution in [3.05, 3.63) is 95.7 Å². The van der Waals surface area contributed by atoms with Gasteiger partial charge in [0.05, 0.1) is 11.6 Å². The molecule has 0 saturated heterocycles. The van der Waals surface area contributed by atoms with Crippen LogP contribution in [0.1, 0.15) is 36.6 Å². The van der Waals surface area contributed by atoms with Gasteiger partial charge in [0.25, 0.3) is 0 Å². The molecule has 0 spiro atoms. The van der Waals surface area contributed by atoms with Crippen LogP contribution in [0.2, 0.25) is 0 Å². The molecule has 0 bridgehead atoms. The molecular formula is C28H29N3O3. The summed E-state index contributed by atoms with van der Waals surface area (Å²) in [5, 5.41) is 7.89. The van der Waals surface area contributed by atoms with E-state index in [0.29, 0.717) is 13.0 Å². The smallest absolute Gasteiger partial charge is 0.240 e. The monoisotopic (exact) mass is 455 g/mol. The van der Waals surface area contributed by atoms with Crippen LogP contribution in [0.3, 0.4) is 0 Å². The first-order valence-electron chi connectivity index (χ1n) is 11.6. The van der Waals surface area contributed by atoms with Crippen LogP contribution in [0, 0.1) is 0 Å². The highest BCUT2D eigenvalue weighted by Crippen LogP contribution is 2.33. The van der Waals surface area contributed by atoms with E-state index in [-0.39, 0.29) is 18.7 Å². The first-order valence-corrected chi connectivity index (χ1v) is 11.6. The van der Waals surface area contributed by atoms with E-state index in [9.17, 15) is 4.79 Å². The molecule has 2 heterocycles. The molecule has 6 nitrogen and oxygen atoms in total. The summed E-state index contributed by atoms with van der Waals surface area (Å²) in [4.78, 5) is 17.0. The van der Waals surface area contributed by atoms with Crippen LogP contribution < -0.4 is 20.1 Å². The highest BCUT2D eigenvalue weighted by atomic mass is 16.7. The molecule has 0 saturated carbocycles. The van der Waals surface area contributed by atoms with Gasteiger partial charge in [0.1, 0.15) is 0 Å². The zero-order chi connectivity index (χ0) is 23.5. The number of para-hydroxylation sites is 1. The second kappa shape index (κ2) is 9.23. The number of aromatic amines is 1. The number of H-pyrrole nitrogens is 1. The van der Waals surface area contributed by atoms with Gasteiger partial charge in [-0.25, -0.2) is 0 Å². The van der Waals surface area contributed by atoms with Gasteiger partial charge in [-0.05, 0) is 48.7 Å². The van der Waals surface area contributed by atoms with Gasteiger partial charge in [-0.15, -0.1) is 0 Å². The Balaban J connectivity index is 1.39. The fourth-order valence-corrected chi connectivity index (χ4v) is 4.41. The molecule has 6 heteroatoms. The highest BCUT2D eigenvalue weighted by Gasteiger charge is 2.34. The maximum absolute atomic E-state index is 13.7. The Hall–Kier alpha value is -3.77. The second-order valence-electron chi connectivity index (χ2n) is 9.02. The number of ether oxygens (including phenoxy) is 2. The summed E-state index contributed by atoms with van der Waals surface area (Å²) < 4.78 is 10.9. The molecule has 1 aliphatic rings. The Kier molecular flexibility index (Phi) is 5.99. The minimum atomic E-state index is -0.843. The summed E-state index contributed by atoms with van der Waals surface area (Å²) in [5.41, 5.74) is 3.41. The van der Waals surface area contributed by atoms with Crippen molar-refractivity contribution in [1.29, 1.82) is 0 Å². The Bertz CT molecular complexity index is 1300. The lowest BCUT2D eigenvalue weighted by molar-refractivity contribution is -0.127. The third-order valence-electron chi connectivity index (χ3n) is 6.49. The molecule has 34 heavy (non-hydrogen) atoms. The number of hydrogen-bond acceptors (Lipinski definition) is 4. The summed E-state index contributed by atoms with van der Waals surface area (Å²) in [7, 11) is 0. The van der Waals surface area contributed by atoms with E-state index in [1.165, 1.54) is 0 Å². The lowest BCUT2D eigenvalue weighted by atomic mass is 9.90. The molecule has 5 rings (SSSR count). The van der Waals surface area contributed by atoms with Gasteiger partial charge >= 0.3 is 0 Å². The molecule has 2 unspecified atom stereocenters. The molecule has 174 valence electrons. The third kappa shape index (κ3) is 4.50. The zero-order valence-electron chi connectivity index (χ0n) is 19.4. The summed E-state index contributed by atoms with van der Waals surface area (Å²) in [6.45, 7) is 4.74. The molecule has 0 radical (unpaired) electrons. The number of fused-ring (bicyclic) bond motifs is 2. The van der Waals surface area contributed by atoms with E-state index >= 15 is 0 Å². The molecule has 0 fully saturated rings. The van der Waals surface area contributed by atoms with Crippen molar-refractivity contribution in [2.45, 2.75) is 38.4 Å². The first kappa shape index (κ1) is 22.0. The van der Waals surface area contributed by atoms with Crippen molar-refractivity contribution in [3.8, 4) is 11.5 Å². The van der Waals surface area contributed by atoms with E-state index in [1.54, 1.807) is 0 Å². The molecular weight excluding hydrogens is 426 g/mol. The maximum Gasteiger partial charge on any atom is 0.240 e. The normalized spacial score (nSPS) is 15.1. The molecule has 3 N–H and O–H groups in total. The van der Waals surface area contributed by atoms with Crippen LogP contribution in [0.15, 0.2) is 79.0 Å². The van der Waals surface area contributed by atoms with Crippen molar-refractivity contribution in [2.75, 3.05) is 6.79 Å². The van der Waals surface area contributed by atoms with Crippen molar-refractivity contribution in [1.82, 2.24) is 15.6 Å². The summed E-state index contributed by atoms with van der Waals surface area (Å²) >= 11 is 0. The number of nitrogens with one attached hydrogen (secondary N) is 3. The van der Waals surface area contributed by atoms with Gasteiger partial charge in [0, 0.05) is 30.1 Å². The average Bonchev–Trinajstić information content (AvgIpc) is 3.50. The van der Waals surface area contributed by atoms with Crippen LogP contribution in [-0.4, -0.2) is 23.2 Å². The molecule has 0 aliphatic carbocycles. The Morgan fingerprint density at radius 1 is 1.03 bits per heavy atom. The Morgan fingerprint density at radius 3 is 2.65 bits per heavy atom. The first-order chi connectivity index (χ1) is 16.5. The predicted octanol–water partition coefficient (Wildman–Crippen LogP) is 4.87. The van der Waals surface area contributed by atoms with Crippen LogP contribution in [0.25, 0.3) is 10.9 Å². The van der Waals surface area contributed by atoms with Crippen LogP contribution in [0.5, 0.6) is 11.5 Å². The number of amides is 1. The lowest BCUT2D eigenvalue weighted by Crippen LogP contribution is -2.56. The summed E-state index contributed by atoms with van der Waals surface area (Å²) in [6, 6.07) is 23.9. The van der Waals surface area contributed by atoms with Gasteiger partial charge in [-0.2, -0.15) is 0 Å². The Labute approximate surface area is 199 Å². The van der Waals surface area contributed by atoms with E-state index in [0.717, 1.165) is 39.1 Å². The van der Waals surface area contributed by atoms with E-state index in [2.05, 4.69) is 21.7 Å². The molecule has 1 aromatic heterocycles. The van der Waals surface area contributed by atoms with Crippen molar-refractivity contribution in [3.63, 3.8) is 0 Å². The van der Waals surface area contributed by atoms with Crippen molar-refractivity contribution < 1.29 is 14.3 Å². The molecule has 1 amide bonds. The minimum absolute atomic E-state index is 0.0464. The van der Waals surface area contributed by atoms with Gasteiger partial charge < -0.3 is 19.8 Å². The SMILES string of the molecule is CC(NC(=O)C(C)(Cc1c[nH]c2ccccc12)NCc1ccc2c(c1)OCO2)c1ccccc1. The van der Waals surface area contributed by atoms with Gasteiger partial charge in [0.15, 0.2) is 11.5 Å². The van der Waals surface area contributed by atoms with Gasteiger partial charge in [-0.3, -0.25) is 10.1 Å². The lowest BCUT2D eigenvalue weighted by Gasteiger charge is -2.31. The van der Waals surface area contributed by atoms with Gasteiger partial charge in [0.2, 0.25) is 12.7 Å². The van der Waals surface area contributed by atoms with Crippen molar-refractivity contribution in [2.24, 2.45) is 0 Å². The number of carbonyl (C=O) groups is 1. The minimum Gasteiger partial charge on any atom is -0.454 e. The Morgan fingerprint density at radius 2 is 1.79 bits per heavy atom. The van der Waals surface area contributed by atoms with E-state index < -0.39 is 5.54 Å². The number of aromatic nitrogens is 1. The van der Waals surface area contributed by atoms with Crippen LogP contribution in [0.4, 0.5) is 0 Å². The van der Waals surface area contributed by atoms with Crippen LogP contribution in [-0.2, 0) is 17.8 Å². The summed E-state index contributed by atoms with van der Waals surface area (Å²) in [6.07, 6.45) is 2.54. The van der Waals surface area contributed by atoms with Gasteiger partial charge in [-0.1, -0.05) is 54.6 Å². The zero-order valence-corrected chi connectivity index (χ0v) is 19.4. The largest absolute Gasteiger partial charge is 0.454 e. The highest BCUT2D eigenvalue weighted by molar-refractivity contribution is 5.89. The number of carbonyl (C=O) groups excluding carboxylic acids is 1. The average molecular weight is 456 g/mol. The van der Waals surface area contributed by atoms with E-state index in [1.807, 2.05) is 86.8 Å². The fraction of sp³-hybridized carbons (Fsp3) is 0.250.